The zero-order valence-electron chi connectivity index (χ0n) is 11.1. The van der Waals surface area contributed by atoms with Gasteiger partial charge in [0, 0.05) is 17.1 Å². The van der Waals surface area contributed by atoms with Crippen LogP contribution in [0.5, 0.6) is 0 Å². The lowest BCUT2D eigenvalue weighted by Gasteiger charge is -2.31. The summed E-state index contributed by atoms with van der Waals surface area (Å²) in [6.07, 6.45) is 7.25. The van der Waals surface area contributed by atoms with Gasteiger partial charge < -0.3 is 0 Å². The zero-order valence-corrected chi connectivity index (χ0v) is 12.7. The first-order valence-electron chi connectivity index (χ1n) is 6.74. The predicted molar refractivity (Wildman–Crippen MR) is 75.5 cm³/mol. The van der Waals surface area contributed by atoms with Crippen LogP contribution in [0.1, 0.15) is 51.8 Å². The lowest BCUT2D eigenvalue weighted by Crippen LogP contribution is -2.25. The topological polar surface area (TPSA) is 17.8 Å². The van der Waals surface area contributed by atoms with E-state index in [1.807, 2.05) is 0 Å². The van der Waals surface area contributed by atoms with Crippen LogP contribution in [0.2, 0.25) is 0 Å². The van der Waals surface area contributed by atoms with Crippen molar-refractivity contribution < 1.29 is 0 Å². The molecule has 0 amide bonds. The molecule has 0 bridgehead atoms. The maximum atomic E-state index is 4.66. The number of rotatable bonds is 3. The lowest BCUT2D eigenvalue weighted by molar-refractivity contribution is 0.292. The molecule has 1 aromatic heterocycles. The molecular formula is C14H23BrN2. The zero-order chi connectivity index (χ0) is 12.4. The Morgan fingerprint density at radius 3 is 2.88 bits per heavy atom. The Labute approximate surface area is 113 Å². The normalized spacial score (nSPS) is 29.8. The van der Waals surface area contributed by atoms with Crippen molar-refractivity contribution in [2.24, 2.45) is 11.8 Å². The van der Waals surface area contributed by atoms with Gasteiger partial charge in [-0.3, -0.25) is 4.68 Å². The average Bonchev–Trinajstić information content (AvgIpc) is 2.72. The van der Waals surface area contributed by atoms with E-state index >= 15 is 0 Å². The van der Waals surface area contributed by atoms with Crippen molar-refractivity contribution >= 4 is 15.9 Å². The van der Waals surface area contributed by atoms with E-state index in [2.05, 4.69) is 58.7 Å². The molecular weight excluding hydrogens is 276 g/mol. The van der Waals surface area contributed by atoms with E-state index in [0.717, 1.165) is 18.3 Å². The molecule has 96 valence electrons. The number of halogens is 1. The third-order valence-electron chi connectivity index (χ3n) is 3.82. The highest BCUT2D eigenvalue weighted by Gasteiger charge is 2.27. The number of hydrogen-bond donors (Lipinski definition) is 0. The Hall–Kier alpha value is -0.310. The summed E-state index contributed by atoms with van der Waals surface area (Å²) >= 11 is 3.84. The monoisotopic (exact) mass is 298 g/mol. The van der Waals surface area contributed by atoms with E-state index in [9.17, 15) is 0 Å². The first-order chi connectivity index (χ1) is 8.06. The second kappa shape index (κ2) is 5.55. The molecule has 0 aromatic carbocycles. The molecule has 1 fully saturated rings. The Kier molecular flexibility index (Phi) is 4.29. The van der Waals surface area contributed by atoms with Crippen LogP contribution in [0.4, 0.5) is 0 Å². The van der Waals surface area contributed by atoms with Gasteiger partial charge in [0.25, 0.3) is 0 Å². The van der Waals surface area contributed by atoms with Gasteiger partial charge in [0.2, 0.25) is 0 Å². The van der Waals surface area contributed by atoms with Crippen LogP contribution in [-0.2, 0) is 6.42 Å². The van der Waals surface area contributed by atoms with Crippen LogP contribution in [0.15, 0.2) is 12.3 Å². The Bertz CT molecular complexity index is 359. The van der Waals surface area contributed by atoms with E-state index < -0.39 is 0 Å². The van der Waals surface area contributed by atoms with E-state index in [1.165, 1.54) is 25.0 Å². The molecule has 2 nitrogen and oxygen atoms in total. The summed E-state index contributed by atoms with van der Waals surface area (Å²) in [6, 6.07) is 2.65. The van der Waals surface area contributed by atoms with Gasteiger partial charge in [-0.1, -0.05) is 22.9 Å². The summed E-state index contributed by atoms with van der Waals surface area (Å²) in [5.41, 5.74) is 1.25. The second-order valence-electron chi connectivity index (χ2n) is 5.78. The van der Waals surface area contributed by atoms with Crippen LogP contribution in [0, 0.1) is 11.8 Å². The largest absolute Gasteiger partial charge is 0.270 e. The molecule has 3 atom stereocenters. The molecule has 17 heavy (non-hydrogen) atoms. The molecule has 0 radical (unpaired) electrons. The molecule has 1 aliphatic carbocycles. The number of nitrogens with zero attached hydrogens (tertiary/aromatic N) is 2. The van der Waals surface area contributed by atoms with Gasteiger partial charge in [-0.2, -0.15) is 5.10 Å². The minimum atomic E-state index is 0.466. The standard InChI is InChI=1S/C14H23BrN2/c1-10(2)17-7-6-13(16-17)9-12-8-11(3)4-5-14(12)15/h6-7,10-12,14H,4-5,8-9H2,1-3H3. The Morgan fingerprint density at radius 2 is 2.24 bits per heavy atom. The maximum absolute atomic E-state index is 4.66. The number of hydrogen-bond acceptors (Lipinski definition) is 1. The average molecular weight is 299 g/mol. The molecule has 0 aliphatic heterocycles. The minimum absolute atomic E-state index is 0.466. The van der Waals surface area contributed by atoms with Crippen molar-refractivity contribution in [1.82, 2.24) is 9.78 Å². The number of alkyl halides is 1. The fourth-order valence-corrected chi connectivity index (χ4v) is 3.38. The summed E-state index contributed by atoms with van der Waals surface area (Å²) < 4.78 is 2.06. The van der Waals surface area contributed by atoms with Crippen molar-refractivity contribution in [3.8, 4) is 0 Å². The summed E-state index contributed by atoms with van der Waals surface area (Å²) in [4.78, 5) is 0.683. The smallest absolute Gasteiger partial charge is 0.0627 e. The van der Waals surface area contributed by atoms with Crippen LogP contribution < -0.4 is 0 Å². The molecule has 1 saturated carbocycles. The predicted octanol–water partition coefficient (Wildman–Crippen LogP) is 4.21. The molecule has 2 rings (SSSR count). The van der Waals surface area contributed by atoms with Crippen molar-refractivity contribution in [2.75, 3.05) is 0 Å². The van der Waals surface area contributed by atoms with Crippen LogP contribution in [0.25, 0.3) is 0 Å². The summed E-state index contributed by atoms with van der Waals surface area (Å²) in [7, 11) is 0. The fraction of sp³-hybridized carbons (Fsp3) is 0.786. The van der Waals surface area contributed by atoms with Gasteiger partial charge in [0.15, 0.2) is 0 Å². The van der Waals surface area contributed by atoms with E-state index in [1.54, 1.807) is 0 Å². The Morgan fingerprint density at radius 1 is 1.47 bits per heavy atom. The van der Waals surface area contributed by atoms with Crippen LogP contribution in [-0.4, -0.2) is 14.6 Å². The molecule has 3 heteroatoms. The van der Waals surface area contributed by atoms with E-state index in [-0.39, 0.29) is 0 Å². The highest BCUT2D eigenvalue weighted by molar-refractivity contribution is 9.09. The fourth-order valence-electron chi connectivity index (χ4n) is 2.72. The van der Waals surface area contributed by atoms with Crippen molar-refractivity contribution in [1.29, 1.82) is 0 Å². The highest BCUT2D eigenvalue weighted by Crippen LogP contribution is 2.35. The minimum Gasteiger partial charge on any atom is -0.270 e. The third kappa shape index (κ3) is 3.34. The van der Waals surface area contributed by atoms with Crippen molar-refractivity contribution in [3.05, 3.63) is 18.0 Å². The van der Waals surface area contributed by atoms with Crippen molar-refractivity contribution in [2.45, 2.75) is 57.3 Å². The van der Waals surface area contributed by atoms with Crippen LogP contribution >= 0.6 is 15.9 Å². The maximum Gasteiger partial charge on any atom is 0.0627 e. The molecule has 1 heterocycles. The van der Waals surface area contributed by atoms with Gasteiger partial charge in [-0.05, 0) is 57.4 Å². The molecule has 1 aromatic rings. The van der Waals surface area contributed by atoms with Gasteiger partial charge in [-0.15, -0.1) is 0 Å². The SMILES string of the molecule is CC1CCC(Br)C(Cc2ccn(C(C)C)n2)C1. The molecule has 0 spiro atoms. The second-order valence-corrected chi connectivity index (χ2v) is 6.96. The summed E-state index contributed by atoms with van der Waals surface area (Å²) in [5, 5.41) is 4.66. The number of aromatic nitrogens is 2. The van der Waals surface area contributed by atoms with Gasteiger partial charge in [0.1, 0.15) is 0 Å². The van der Waals surface area contributed by atoms with Gasteiger partial charge >= 0.3 is 0 Å². The van der Waals surface area contributed by atoms with E-state index in [0.29, 0.717) is 10.9 Å². The molecule has 3 unspecified atom stereocenters. The van der Waals surface area contributed by atoms with Gasteiger partial charge in [0.05, 0.1) is 5.69 Å². The summed E-state index contributed by atoms with van der Waals surface area (Å²) in [5.74, 6) is 1.63. The Balaban J connectivity index is 1.98. The first-order valence-corrected chi connectivity index (χ1v) is 7.66. The van der Waals surface area contributed by atoms with Crippen molar-refractivity contribution in [3.63, 3.8) is 0 Å². The lowest BCUT2D eigenvalue weighted by atomic mass is 9.80. The molecule has 1 aliphatic rings. The molecule has 0 saturated heterocycles. The summed E-state index contributed by atoms with van der Waals surface area (Å²) in [6.45, 7) is 6.72. The quantitative estimate of drug-likeness (QED) is 0.765. The molecule has 0 N–H and O–H groups in total. The third-order valence-corrected chi connectivity index (χ3v) is 5.02. The highest BCUT2D eigenvalue weighted by atomic mass is 79.9. The van der Waals surface area contributed by atoms with Gasteiger partial charge in [-0.25, -0.2) is 0 Å². The first kappa shape index (κ1) is 13.1. The van der Waals surface area contributed by atoms with E-state index in [4.69, 9.17) is 0 Å². The van der Waals surface area contributed by atoms with Crippen LogP contribution in [0.3, 0.4) is 0 Å².